The number of aliphatic hydroxyl groups excluding tert-OH is 15. The lowest BCUT2D eigenvalue weighted by Crippen LogP contribution is -2.70. The molecule has 0 bridgehead atoms. The Bertz CT molecular complexity index is 2450. The molecule has 0 aromatic rings. The van der Waals surface area contributed by atoms with Crippen molar-refractivity contribution in [2.45, 2.75) is 260 Å². The Balaban J connectivity index is 0.891. The Labute approximate surface area is 497 Å². The molecule has 4 saturated carbocycles. The van der Waals surface area contributed by atoms with E-state index in [0.29, 0.717) is 51.4 Å². The average molecular weight is 1240 g/mol. The van der Waals surface area contributed by atoms with Gasteiger partial charge in [0.25, 0.3) is 0 Å². The molecule has 5 saturated heterocycles. The van der Waals surface area contributed by atoms with E-state index in [2.05, 4.69) is 33.8 Å². The molecular weight excluding hydrogens is 1140 g/mol. The highest BCUT2D eigenvalue weighted by Crippen LogP contribution is 2.76. The molecule has 5 heterocycles. The smallest absolute Gasteiger partial charge is 0.315 e. The Morgan fingerprint density at radius 3 is 1.72 bits per heavy atom. The summed E-state index contributed by atoms with van der Waals surface area (Å²) in [7, 11) is 0. The summed E-state index contributed by atoms with van der Waals surface area (Å²) < 4.78 is 59.2. The second-order valence-corrected chi connectivity index (χ2v) is 28.1. The first-order valence-electron chi connectivity index (χ1n) is 30.3. The first-order valence-corrected chi connectivity index (χ1v) is 30.3. The van der Waals surface area contributed by atoms with E-state index in [1.54, 1.807) is 0 Å². The van der Waals surface area contributed by atoms with Crippen LogP contribution in [0.4, 0.5) is 0 Å². The minimum Gasteiger partial charge on any atom is -0.481 e. The number of fused-ring (bicyclic) bond motifs is 7. The molecule has 492 valence electrons. The van der Waals surface area contributed by atoms with Crippen molar-refractivity contribution in [3.63, 3.8) is 0 Å². The van der Waals surface area contributed by atoms with E-state index in [0.717, 1.165) is 5.57 Å². The van der Waals surface area contributed by atoms with Gasteiger partial charge in [0, 0.05) is 0 Å². The third kappa shape index (κ3) is 10.8. The van der Waals surface area contributed by atoms with Crippen molar-refractivity contribution in [1.82, 2.24) is 0 Å². The van der Waals surface area contributed by atoms with Gasteiger partial charge < -0.3 is 129 Å². The van der Waals surface area contributed by atoms with E-state index in [1.807, 2.05) is 6.92 Å². The van der Waals surface area contributed by atoms with Crippen molar-refractivity contribution in [3.05, 3.63) is 11.6 Å². The number of carboxylic acids is 1. The number of carboxylic acid groups (broad SMARTS) is 1. The lowest BCUT2D eigenvalue weighted by Gasteiger charge is -2.71. The topological polar surface area (TPSA) is 450 Å². The maximum atomic E-state index is 15.4. The summed E-state index contributed by atoms with van der Waals surface area (Å²) in [6, 6.07) is 0. The molecule has 33 atom stereocenters. The SMILES string of the molecule is C[C@H]1O[C@H](O[C@@H]2[C@@H](OC(=O)[C@]34CCC(C)(C)C[C@H]3C3=CC[C@H]5[C@]6(C)C[C@@H](O)[C@@H](O[C@@H]7O[C@@H](CO)[C@@H](O)[C@@H](O)[C@@H]7O[C@@H]7O[C@@H](CO)[C@@H](O)[C@H](O)[C@@H]7O)[C@](C)(C(=O)O)[C@H]6CC[C@]5(C)[C@]3(C)CC4)OC[C@H](O)[C@H]2O)[C@@H](O)[C@H](O)[C@H]1O[C@H]1OC[C@@H](O)[C@H](O)[C@@H]1O. The molecule has 10 rings (SSSR count). The highest BCUT2D eigenvalue weighted by molar-refractivity contribution is 5.79. The van der Waals surface area contributed by atoms with Crippen LogP contribution in [0.25, 0.3) is 0 Å². The Hall–Kier alpha value is -2.28. The van der Waals surface area contributed by atoms with Crippen LogP contribution in [-0.4, -0.2) is 274 Å². The molecule has 0 amide bonds. The van der Waals surface area contributed by atoms with Crippen molar-refractivity contribution in [2.24, 2.45) is 50.2 Å². The van der Waals surface area contributed by atoms with E-state index in [9.17, 15) is 86.5 Å². The molecule has 0 unspecified atom stereocenters. The van der Waals surface area contributed by atoms with E-state index < -0.39 is 231 Å². The molecule has 0 aromatic heterocycles. The zero-order chi connectivity index (χ0) is 62.9. The van der Waals surface area contributed by atoms with Crippen LogP contribution in [0.5, 0.6) is 0 Å². The van der Waals surface area contributed by atoms with Crippen LogP contribution in [0, 0.1) is 50.2 Å². The lowest BCUT2D eigenvalue weighted by atomic mass is 9.33. The van der Waals surface area contributed by atoms with Gasteiger partial charge in [0.2, 0.25) is 6.29 Å². The van der Waals surface area contributed by atoms with Crippen LogP contribution >= 0.6 is 0 Å². The Morgan fingerprint density at radius 2 is 1.08 bits per heavy atom. The Morgan fingerprint density at radius 1 is 0.547 bits per heavy atom. The fourth-order valence-electron chi connectivity index (χ4n) is 17.4. The van der Waals surface area contributed by atoms with Crippen LogP contribution in [0.1, 0.15) is 106 Å². The molecule has 0 spiro atoms. The maximum absolute atomic E-state index is 15.4. The van der Waals surface area contributed by atoms with Gasteiger partial charge in [-0.1, -0.05) is 46.3 Å². The zero-order valence-corrected chi connectivity index (χ0v) is 49.5. The molecule has 10 aliphatic rings. The van der Waals surface area contributed by atoms with Gasteiger partial charge in [0.15, 0.2) is 31.3 Å². The van der Waals surface area contributed by atoms with E-state index in [4.69, 9.17) is 47.4 Å². The number of aliphatic hydroxyl groups is 15. The van der Waals surface area contributed by atoms with E-state index >= 15 is 4.79 Å². The fourth-order valence-corrected chi connectivity index (χ4v) is 17.4. The predicted molar refractivity (Wildman–Crippen MR) is 285 cm³/mol. The van der Waals surface area contributed by atoms with Crippen LogP contribution < -0.4 is 0 Å². The molecule has 16 N–H and O–H groups in total. The number of aliphatic carboxylic acids is 1. The van der Waals surface area contributed by atoms with Crippen molar-refractivity contribution in [1.29, 1.82) is 0 Å². The first kappa shape index (κ1) is 66.6. The number of carbonyl (C=O) groups excluding carboxylic acids is 1. The largest absolute Gasteiger partial charge is 0.481 e. The van der Waals surface area contributed by atoms with Gasteiger partial charge in [-0.15, -0.1) is 0 Å². The summed E-state index contributed by atoms with van der Waals surface area (Å²) in [5, 5.41) is 174. The number of hydrogen-bond acceptors (Lipinski definition) is 27. The minimum absolute atomic E-state index is 0.0215. The van der Waals surface area contributed by atoms with Crippen LogP contribution in [0.15, 0.2) is 11.6 Å². The van der Waals surface area contributed by atoms with Crippen molar-refractivity contribution in [3.8, 4) is 0 Å². The second-order valence-electron chi connectivity index (χ2n) is 28.1. The summed E-state index contributed by atoms with van der Waals surface area (Å²) in [6.45, 7) is 11.1. The number of hydrogen-bond donors (Lipinski definition) is 16. The standard InChI is InChI=1S/C58H92O28/c1-22-42(82-46-39(71)32(64)26(62)20-77-46)38(70)41(73)47(79-22)83-43-33(65)27(63)21-78-49(43)86-52(76)58-14-12-53(2,3)16-24(58)23-8-9-30-54(4)17-25(61)45(57(7,51(74)75)31(54)10-11-56(30,6)55(23,5)13-15-58)85-50-44(37(69)35(67)29(19-60)81-50)84-48-40(72)36(68)34(66)28(18-59)80-48/h8,22,24-50,59-73H,9-21H2,1-7H3,(H,74,75)/t22-,24+,25-,26-,27+,28+,29+,30+,31+,32+,33-,34-,35-,36+,37-,38+,39+,40+,41+,42+,43+,44+,45-,46-,47-,48+,49-,50+,54+,55-,56+,57-,58+/m1/s1. The highest BCUT2D eigenvalue weighted by Gasteiger charge is 2.73. The summed E-state index contributed by atoms with van der Waals surface area (Å²) in [5.74, 6) is -3.28. The zero-order valence-electron chi connectivity index (χ0n) is 49.5. The number of rotatable bonds is 13. The van der Waals surface area contributed by atoms with Crippen LogP contribution in [-0.2, 0) is 57.0 Å². The third-order valence-electron chi connectivity index (χ3n) is 22.8. The van der Waals surface area contributed by atoms with Crippen molar-refractivity contribution >= 4 is 11.9 Å². The molecule has 5 aliphatic heterocycles. The molecule has 86 heavy (non-hydrogen) atoms. The van der Waals surface area contributed by atoms with Gasteiger partial charge in [-0.2, -0.15) is 0 Å². The molecule has 9 fully saturated rings. The van der Waals surface area contributed by atoms with Gasteiger partial charge >= 0.3 is 11.9 Å². The fraction of sp³-hybridized carbons (Fsp3) is 0.931. The van der Waals surface area contributed by atoms with Gasteiger partial charge in [-0.3, -0.25) is 9.59 Å². The number of esters is 1. The Kier molecular flexibility index (Phi) is 18.8. The summed E-state index contributed by atoms with van der Waals surface area (Å²) >= 11 is 0. The van der Waals surface area contributed by atoms with Gasteiger partial charge in [0.1, 0.15) is 104 Å². The maximum Gasteiger partial charge on any atom is 0.315 e. The highest BCUT2D eigenvalue weighted by atomic mass is 16.8. The third-order valence-corrected chi connectivity index (χ3v) is 22.8. The van der Waals surface area contributed by atoms with Gasteiger partial charge in [-0.05, 0) is 111 Å². The quantitative estimate of drug-likeness (QED) is 0.0477. The minimum atomic E-state index is -1.97. The van der Waals surface area contributed by atoms with Gasteiger partial charge in [-0.25, -0.2) is 0 Å². The van der Waals surface area contributed by atoms with Crippen molar-refractivity contribution in [2.75, 3.05) is 26.4 Å². The monoisotopic (exact) mass is 1240 g/mol. The van der Waals surface area contributed by atoms with E-state index in [1.165, 1.54) is 13.8 Å². The summed E-state index contributed by atoms with van der Waals surface area (Å²) in [4.78, 5) is 29.5. The average Bonchev–Trinajstić information content (AvgIpc) is 0.681. The molecule has 28 heteroatoms. The van der Waals surface area contributed by atoms with E-state index in [-0.39, 0.29) is 17.8 Å². The molecule has 0 aromatic carbocycles. The summed E-state index contributed by atoms with van der Waals surface area (Å²) in [6.07, 6.45) is -35.9. The van der Waals surface area contributed by atoms with Crippen LogP contribution in [0.2, 0.25) is 0 Å². The normalized spacial score (nSPS) is 54.7. The first-order chi connectivity index (χ1) is 40.2. The number of carbonyl (C=O) groups is 2. The molecule has 0 radical (unpaired) electrons. The molecule has 5 aliphatic carbocycles. The van der Waals surface area contributed by atoms with Crippen molar-refractivity contribution < 1.29 is 139 Å². The lowest BCUT2D eigenvalue weighted by molar-refractivity contribution is -0.382. The molecule has 28 nitrogen and oxygen atoms in total. The molecular formula is C58H92O28. The second kappa shape index (κ2) is 24.3. The summed E-state index contributed by atoms with van der Waals surface area (Å²) in [5.41, 5.74) is -4.30. The van der Waals surface area contributed by atoms with Gasteiger partial charge in [0.05, 0.1) is 49.5 Å². The number of ether oxygens (including phenoxy) is 10. The number of allylic oxidation sites excluding steroid dienone is 2. The van der Waals surface area contributed by atoms with Crippen LogP contribution in [0.3, 0.4) is 0 Å². The predicted octanol–water partition coefficient (Wildman–Crippen LogP) is -3.87.